The second kappa shape index (κ2) is 7.85. The molecule has 1 heterocycles. The van der Waals surface area contributed by atoms with E-state index in [9.17, 15) is 10.1 Å². The predicted octanol–water partition coefficient (Wildman–Crippen LogP) is 4.25. The first kappa shape index (κ1) is 18.4. The smallest absolute Gasteiger partial charge is 0.339 e. The Morgan fingerprint density at radius 2 is 2.11 bits per heavy atom. The van der Waals surface area contributed by atoms with Gasteiger partial charge in [0, 0.05) is 16.8 Å². The molecule has 7 heteroatoms. The summed E-state index contributed by atoms with van der Waals surface area (Å²) in [6, 6.07) is 14.4. The summed E-state index contributed by atoms with van der Waals surface area (Å²) in [6.07, 6.45) is 1.26. The molecule has 0 saturated carbocycles. The third-order valence-electron chi connectivity index (χ3n) is 3.85. The highest BCUT2D eigenvalue weighted by molar-refractivity contribution is 6.30. The topological polar surface area (TPSA) is 96.1 Å². The summed E-state index contributed by atoms with van der Waals surface area (Å²) in [5.41, 5.74) is 2.21. The Balaban J connectivity index is 1.85. The number of carboxylic acid groups (broad SMARTS) is 1. The average molecular weight is 380 g/mol. The number of hydrogen-bond acceptors (Lipinski definition) is 5. The van der Waals surface area contributed by atoms with E-state index in [4.69, 9.17) is 21.4 Å². The van der Waals surface area contributed by atoms with Crippen LogP contribution in [0.4, 0.5) is 0 Å². The van der Waals surface area contributed by atoms with Crippen molar-refractivity contribution in [3.63, 3.8) is 0 Å². The van der Waals surface area contributed by atoms with Crippen molar-refractivity contribution in [3.05, 3.63) is 76.1 Å². The van der Waals surface area contributed by atoms with Gasteiger partial charge in [-0.05, 0) is 42.8 Å². The number of hydrogen-bond donors (Lipinski definition) is 1. The quantitative estimate of drug-likeness (QED) is 0.711. The number of benzene rings is 2. The number of carbonyl (C=O) groups is 1. The molecule has 0 atom stereocenters. The summed E-state index contributed by atoms with van der Waals surface area (Å²) in [5.74, 6) is -0.308. The Morgan fingerprint density at radius 1 is 1.30 bits per heavy atom. The fraction of sp³-hybridized carbons (Fsp3) is 0.100. The standard InChI is InChI=1S/C20H14ClN3O3/c1-12-17(20(25)26)10-23-19(24-12)14-5-6-18(15(8-14)9-22)27-11-13-3-2-4-16(21)7-13/h2-8,10H,11H2,1H3,(H,25,26). The summed E-state index contributed by atoms with van der Waals surface area (Å²) < 4.78 is 5.73. The van der Waals surface area contributed by atoms with Gasteiger partial charge in [-0.15, -0.1) is 0 Å². The van der Waals surface area contributed by atoms with Crippen molar-refractivity contribution in [3.8, 4) is 23.2 Å². The minimum absolute atomic E-state index is 0.0423. The fourth-order valence-electron chi connectivity index (χ4n) is 2.49. The molecule has 0 bridgehead atoms. The van der Waals surface area contributed by atoms with E-state index in [-0.39, 0.29) is 12.2 Å². The maximum Gasteiger partial charge on any atom is 0.339 e. The van der Waals surface area contributed by atoms with E-state index < -0.39 is 5.97 Å². The number of aryl methyl sites for hydroxylation is 1. The maximum absolute atomic E-state index is 11.1. The van der Waals surface area contributed by atoms with Crippen molar-refractivity contribution in [1.29, 1.82) is 5.26 Å². The molecular weight excluding hydrogens is 366 g/mol. The zero-order valence-corrected chi connectivity index (χ0v) is 15.1. The van der Waals surface area contributed by atoms with Gasteiger partial charge in [-0.25, -0.2) is 14.8 Å². The third-order valence-corrected chi connectivity index (χ3v) is 4.09. The molecular formula is C20H14ClN3O3. The Morgan fingerprint density at radius 3 is 2.78 bits per heavy atom. The van der Waals surface area contributed by atoms with Crippen LogP contribution in [0, 0.1) is 18.3 Å². The number of carboxylic acids is 1. The van der Waals surface area contributed by atoms with Gasteiger partial charge in [0.1, 0.15) is 18.4 Å². The summed E-state index contributed by atoms with van der Waals surface area (Å²) in [7, 11) is 0. The van der Waals surface area contributed by atoms with Crippen LogP contribution in [-0.2, 0) is 6.61 Å². The average Bonchev–Trinajstić information content (AvgIpc) is 2.66. The van der Waals surface area contributed by atoms with Crippen molar-refractivity contribution in [1.82, 2.24) is 9.97 Å². The predicted molar refractivity (Wildman–Crippen MR) is 99.7 cm³/mol. The van der Waals surface area contributed by atoms with Gasteiger partial charge in [-0.3, -0.25) is 0 Å². The second-order valence-corrected chi connectivity index (χ2v) is 6.18. The van der Waals surface area contributed by atoms with Gasteiger partial charge in [0.25, 0.3) is 0 Å². The van der Waals surface area contributed by atoms with Gasteiger partial charge >= 0.3 is 5.97 Å². The molecule has 0 radical (unpaired) electrons. The van der Waals surface area contributed by atoms with Crippen LogP contribution in [0.15, 0.2) is 48.7 Å². The Kier molecular flexibility index (Phi) is 5.34. The largest absolute Gasteiger partial charge is 0.488 e. The van der Waals surface area contributed by atoms with Gasteiger partial charge in [0.05, 0.1) is 16.8 Å². The molecule has 134 valence electrons. The molecule has 0 spiro atoms. The highest BCUT2D eigenvalue weighted by atomic mass is 35.5. The van der Waals surface area contributed by atoms with Gasteiger partial charge in [-0.2, -0.15) is 5.26 Å². The van der Waals surface area contributed by atoms with Crippen LogP contribution in [0.3, 0.4) is 0 Å². The normalized spacial score (nSPS) is 10.3. The van der Waals surface area contributed by atoms with Crippen molar-refractivity contribution in [2.24, 2.45) is 0 Å². The van der Waals surface area contributed by atoms with Gasteiger partial charge in [-0.1, -0.05) is 23.7 Å². The first-order chi connectivity index (χ1) is 13.0. The van der Waals surface area contributed by atoms with Gasteiger partial charge in [0.15, 0.2) is 5.82 Å². The lowest BCUT2D eigenvalue weighted by Gasteiger charge is -2.10. The first-order valence-electron chi connectivity index (χ1n) is 7.96. The number of ether oxygens (including phenoxy) is 1. The van der Waals surface area contributed by atoms with Crippen molar-refractivity contribution < 1.29 is 14.6 Å². The molecule has 0 aliphatic carbocycles. The van der Waals surface area contributed by atoms with Crippen LogP contribution in [-0.4, -0.2) is 21.0 Å². The molecule has 0 unspecified atom stereocenters. The molecule has 0 aliphatic rings. The van der Waals surface area contributed by atoms with E-state index in [0.717, 1.165) is 5.56 Å². The summed E-state index contributed by atoms with van der Waals surface area (Å²) in [5, 5.41) is 19.1. The number of nitrogens with zero attached hydrogens (tertiary/aromatic N) is 3. The lowest BCUT2D eigenvalue weighted by Crippen LogP contribution is -2.04. The zero-order chi connectivity index (χ0) is 19.4. The zero-order valence-electron chi connectivity index (χ0n) is 14.3. The molecule has 3 aromatic rings. The Bertz CT molecular complexity index is 1060. The number of aromatic carboxylic acids is 1. The first-order valence-corrected chi connectivity index (χ1v) is 8.34. The molecule has 3 rings (SSSR count). The third kappa shape index (κ3) is 4.22. The number of nitriles is 1. The van der Waals surface area contributed by atoms with Crippen LogP contribution >= 0.6 is 11.6 Å². The molecule has 0 aliphatic heterocycles. The fourth-order valence-corrected chi connectivity index (χ4v) is 2.70. The maximum atomic E-state index is 11.1. The van der Waals surface area contributed by atoms with E-state index in [1.807, 2.05) is 12.1 Å². The second-order valence-electron chi connectivity index (χ2n) is 5.74. The summed E-state index contributed by atoms with van der Waals surface area (Å²) >= 11 is 5.96. The lowest BCUT2D eigenvalue weighted by atomic mass is 10.1. The van der Waals surface area contributed by atoms with E-state index >= 15 is 0 Å². The summed E-state index contributed by atoms with van der Waals surface area (Å²) in [4.78, 5) is 19.4. The minimum atomic E-state index is -1.08. The number of rotatable bonds is 5. The molecule has 1 N–H and O–H groups in total. The van der Waals surface area contributed by atoms with Crippen LogP contribution in [0.25, 0.3) is 11.4 Å². The Hall–Kier alpha value is -3.43. The Labute approximate surface area is 160 Å². The van der Waals surface area contributed by atoms with Gasteiger partial charge in [0.2, 0.25) is 0 Å². The number of halogens is 1. The van der Waals surface area contributed by atoms with Crippen LogP contribution in [0.5, 0.6) is 5.75 Å². The van der Waals surface area contributed by atoms with Crippen LogP contribution < -0.4 is 4.74 Å². The number of aromatic nitrogens is 2. The SMILES string of the molecule is Cc1nc(-c2ccc(OCc3cccc(Cl)c3)c(C#N)c2)ncc1C(=O)O. The van der Waals surface area contributed by atoms with Crippen molar-refractivity contribution in [2.45, 2.75) is 13.5 Å². The van der Waals surface area contributed by atoms with E-state index in [2.05, 4.69) is 16.0 Å². The lowest BCUT2D eigenvalue weighted by molar-refractivity contribution is 0.0695. The monoisotopic (exact) mass is 379 g/mol. The van der Waals surface area contributed by atoms with Crippen LogP contribution in [0.2, 0.25) is 5.02 Å². The highest BCUT2D eigenvalue weighted by Gasteiger charge is 2.13. The van der Waals surface area contributed by atoms with Crippen molar-refractivity contribution in [2.75, 3.05) is 0 Å². The minimum Gasteiger partial charge on any atom is -0.488 e. The molecule has 1 aromatic heterocycles. The molecule has 0 amide bonds. The van der Waals surface area contributed by atoms with Crippen LogP contribution in [0.1, 0.15) is 27.2 Å². The van der Waals surface area contributed by atoms with Crippen molar-refractivity contribution >= 4 is 17.6 Å². The molecule has 0 saturated heterocycles. The molecule has 27 heavy (non-hydrogen) atoms. The summed E-state index contributed by atoms with van der Waals surface area (Å²) in [6.45, 7) is 1.87. The van der Waals surface area contributed by atoms with E-state index in [1.54, 1.807) is 37.3 Å². The van der Waals surface area contributed by atoms with E-state index in [1.165, 1.54) is 6.20 Å². The molecule has 0 fully saturated rings. The molecule has 6 nitrogen and oxygen atoms in total. The molecule has 2 aromatic carbocycles. The van der Waals surface area contributed by atoms with E-state index in [0.29, 0.717) is 33.4 Å². The highest BCUT2D eigenvalue weighted by Crippen LogP contribution is 2.26. The van der Waals surface area contributed by atoms with Gasteiger partial charge < -0.3 is 9.84 Å².